The minimum absolute atomic E-state index is 0.0334. The van der Waals surface area contributed by atoms with Crippen LogP contribution in [0.25, 0.3) is 0 Å². The van der Waals surface area contributed by atoms with Crippen LogP contribution in [-0.4, -0.2) is 28.0 Å². The molecule has 0 spiro atoms. The summed E-state index contributed by atoms with van der Waals surface area (Å²) in [5.74, 6) is 1.30. The molecule has 1 aliphatic rings. The van der Waals surface area contributed by atoms with Gasteiger partial charge in [-0.15, -0.1) is 0 Å². The molecule has 88 valence electrons. The van der Waals surface area contributed by atoms with Gasteiger partial charge in [-0.05, 0) is 24.7 Å². The van der Waals surface area contributed by atoms with E-state index < -0.39 is 0 Å². The monoisotopic (exact) mass is 285 g/mol. The van der Waals surface area contributed by atoms with Gasteiger partial charge in [0.2, 0.25) is 0 Å². The van der Waals surface area contributed by atoms with E-state index in [-0.39, 0.29) is 5.91 Å². The predicted molar refractivity (Wildman–Crippen MR) is 65.5 cm³/mol. The Bertz CT molecular complexity index is 339. The van der Waals surface area contributed by atoms with Crippen LogP contribution in [-0.2, 0) is 0 Å². The Morgan fingerprint density at radius 2 is 2.38 bits per heavy atom. The van der Waals surface area contributed by atoms with Crippen LogP contribution in [0.1, 0.15) is 29.6 Å². The second kappa shape index (κ2) is 5.48. The van der Waals surface area contributed by atoms with Gasteiger partial charge in [-0.25, -0.2) is 0 Å². The molecule has 0 aromatic carbocycles. The van der Waals surface area contributed by atoms with Gasteiger partial charge < -0.3 is 5.32 Å². The van der Waals surface area contributed by atoms with Crippen molar-refractivity contribution in [3.8, 4) is 0 Å². The van der Waals surface area contributed by atoms with Gasteiger partial charge in [-0.2, -0.15) is 5.10 Å². The summed E-state index contributed by atoms with van der Waals surface area (Å²) in [6.45, 7) is 0.778. The Labute approximate surface area is 103 Å². The van der Waals surface area contributed by atoms with Gasteiger partial charge >= 0.3 is 0 Å². The second-order valence-electron chi connectivity index (χ2n) is 4.30. The molecule has 5 heteroatoms. The number of hydrogen-bond acceptors (Lipinski definition) is 2. The van der Waals surface area contributed by atoms with Crippen molar-refractivity contribution in [1.29, 1.82) is 0 Å². The fourth-order valence-corrected chi connectivity index (χ4v) is 3.14. The van der Waals surface area contributed by atoms with E-state index in [0.717, 1.165) is 11.9 Å². The molecule has 0 bridgehead atoms. The van der Waals surface area contributed by atoms with Gasteiger partial charge in [0.15, 0.2) is 0 Å². The van der Waals surface area contributed by atoms with Gasteiger partial charge in [-0.1, -0.05) is 22.4 Å². The van der Waals surface area contributed by atoms with Crippen molar-refractivity contribution < 1.29 is 4.79 Å². The Morgan fingerprint density at radius 3 is 3.06 bits per heavy atom. The fraction of sp³-hybridized carbons (Fsp3) is 0.636. The van der Waals surface area contributed by atoms with Crippen LogP contribution in [0.2, 0.25) is 0 Å². The number of amides is 1. The first-order valence-electron chi connectivity index (χ1n) is 5.64. The van der Waals surface area contributed by atoms with E-state index >= 15 is 0 Å². The van der Waals surface area contributed by atoms with Crippen LogP contribution in [0, 0.1) is 11.8 Å². The Kier molecular flexibility index (Phi) is 3.98. The molecule has 0 saturated heterocycles. The molecular formula is C11H16BrN3O. The summed E-state index contributed by atoms with van der Waals surface area (Å²) in [5, 5.41) is 10.4. The number of alkyl halides is 1. The molecule has 1 aromatic heterocycles. The number of H-pyrrole nitrogens is 1. The van der Waals surface area contributed by atoms with Crippen LogP contribution < -0.4 is 5.32 Å². The number of rotatable bonds is 4. The quantitative estimate of drug-likeness (QED) is 0.831. The summed E-state index contributed by atoms with van der Waals surface area (Å²) in [6, 6.07) is 0. The number of hydrogen-bond donors (Lipinski definition) is 2. The number of nitrogens with zero attached hydrogens (tertiary/aromatic N) is 1. The van der Waals surface area contributed by atoms with Crippen molar-refractivity contribution in [3.63, 3.8) is 0 Å². The van der Waals surface area contributed by atoms with Crippen LogP contribution in [0.15, 0.2) is 12.4 Å². The van der Waals surface area contributed by atoms with E-state index in [4.69, 9.17) is 0 Å². The van der Waals surface area contributed by atoms with Crippen LogP contribution in [0.3, 0.4) is 0 Å². The van der Waals surface area contributed by atoms with E-state index in [1.54, 1.807) is 12.4 Å². The lowest BCUT2D eigenvalue weighted by Gasteiger charge is -2.17. The average molecular weight is 286 g/mol. The molecule has 2 unspecified atom stereocenters. The minimum atomic E-state index is -0.0334. The zero-order chi connectivity index (χ0) is 11.4. The molecule has 1 saturated carbocycles. The second-order valence-corrected chi connectivity index (χ2v) is 4.95. The summed E-state index contributed by atoms with van der Waals surface area (Å²) in [4.78, 5) is 11.7. The molecule has 2 N–H and O–H groups in total. The molecule has 1 fully saturated rings. The molecule has 16 heavy (non-hydrogen) atoms. The first-order chi connectivity index (χ1) is 7.81. The number of aromatic nitrogens is 2. The van der Waals surface area contributed by atoms with Crippen molar-refractivity contribution in [3.05, 3.63) is 18.0 Å². The molecule has 0 radical (unpaired) electrons. The van der Waals surface area contributed by atoms with Crippen molar-refractivity contribution in [2.45, 2.75) is 19.3 Å². The van der Waals surface area contributed by atoms with Gasteiger partial charge in [0.1, 0.15) is 0 Å². The molecule has 2 atom stereocenters. The smallest absolute Gasteiger partial charge is 0.254 e. The highest BCUT2D eigenvalue weighted by Gasteiger charge is 2.26. The van der Waals surface area contributed by atoms with Crippen LogP contribution in [0.5, 0.6) is 0 Å². The molecular weight excluding hydrogens is 270 g/mol. The van der Waals surface area contributed by atoms with Gasteiger partial charge in [0, 0.05) is 18.1 Å². The maximum atomic E-state index is 11.7. The highest BCUT2D eigenvalue weighted by molar-refractivity contribution is 9.09. The summed E-state index contributed by atoms with van der Waals surface area (Å²) < 4.78 is 0. The third-order valence-electron chi connectivity index (χ3n) is 3.30. The van der Waals surface area contributed by atoms with Crippen LogP contribution >= 0.6 is 15.9 Å². The zero-order valence-electron chi connectivity index (χ0n) is 9.08. The van der Waals surface area contributed by atoms with E-state index in [9.17, 15) is 4.79 Å². The normalized spacial score (nSPS) is 24.6. The van der Waals surface area contributed by atoms with Crippen molar-refractivity contribution in [1.82, 2.24) is 15.5 Å². The number of aromatic amines is 1. The van der Waals surface area contributed by atoms with E-state index in [2.05, 4.69) is 31.4 Å². The van der Waals surface area contributed by atoms with Gasteiger partial charge in [-0.3, -0.25) is 9.89 Å². The summed E-state index contributed by atoms with van der Waals surface area (Å²) >= 11 is 3.53. The molecule has 1 aromatic rings. The molecule has 1 amide bonds. The number of carbonyl (C=O) groups excluding carboxylic acids is 1. The molecule has 2 rings (SSSR count). The summed E-state index contributed by atoms with van der Waals surface area (Å²) in [7, 11) is 0. The third kappa shape index (κ3) is 2.64. The lowest BCUT2D eigenvalue weighted by atomic mass is 9.98. The van der Waals surface area contributed by atoms with E-state index in [0.29, 0.717) is 17.4 Å². The number of carbonyl (C=O) groups is 1. The molecule has 1 aliphatic carbocycles. The number of nitrogens with one attached hydrogen (secondary N) is 2. The molecule has 1 heterocycles. The van der Waals surface area contributed by atoms with Crippen molar-refractivity contribution >= 4 is 21.8 Å². The zero-order valence-corrected chi connectivity index (χ0v) is 10.7. The number of halogens is 1. The Morgan fingerprint density at radius 1 is 1.56 bits per heavy atom. The summed E-state index contributed by atoms with van der Waals surface area (Å²) in [6.07, 6.45) is 6.94. The predicted octanol–water partition coefficient (Wildman–Crippen LogP) is 1.95. The average Bonchev–Trinajstić information content (AvgIpc) is 2.96. The topological polar surface area (TPSA) is 57.8 Å². The SMILES string of the molecule is O=C(NCC1CCCC1CBr)c1cn[nH]c1. The Hall–Kier alpha value is -0.840. The highest BCUT2D eigenvalue weighted by atomic mass is 79.9. The van der Waals surface area contributed by atoms with Gasteiger partial charge in [0.25, 0.3) is 5.91 Å². The third-order valence-corrected chi connectivity index (χ3v) is 4.13. The summed E-state index contributed by atoms with van der Waals surface area (Å²) in [5.41, 5.74) is 0.605. The van der Waals surface area contributed by atoms with E-state index in [1.807, 2.05) is 0 Å². The standard InChI is InChI=1S/C11H16BrN3O/c12-4-8-2-1-3-9(8)5-13-11(16)10-6-14-15-7-10/h6-9H,1-5H2,(H,13,16)(H,14,15). The fourth-order valence-electron chi connectivity index (χ4n) is 2.29. The van der Waals surface area contributed by atoms with Crippen molar-refractivity contribution in [2.24, 2.45) is 11.8 Å². The van der Waals surface area contributed by atoms with Crippen molar-refractivity contribution in [2.75, 3.05) is 11.9 Å². The lowest BCUT2D eigenvalue weighted by molar-refractivity contribution is 0.0945. The highest BCUT2D eigenvalue weighted by Crippen LogP contribution is 2.32. The molecule has 0 aliphatic heterocycles. The van der Waals surface area contributed by atoms with Gasteiger partial charge in [0.05, 0.1) is 11.8 Å². The minimum Gasteiger partial charge on any atom is -0.352 e. The Balaban J connectivity index is 1.81. The first-order valence-corrected chi connectivity index (χ1v) is 6.76. The van der Waals surface area contributed by atoms with Crippen LogP contribution in [0.4, 0.5) is 0 Å². The van der Waals surface area contributed by atoms with E-state index in [1.165, 1.54) is 19.3 Å². The maximum Gasteiger partial charge on any atom is 0.254 e. The largest absolute Gasteiger partial charge is 0.352 e. The maximum absolute atomic E-state index is 11.7. The molecule has 4 nitrogen and oxygen atoms in total. The first kappa shape index (κ1) is 11.6. The lowest BCUT2D eigenvalue weighted by Crippen LogP contribution is -2.30.